The summed E-state index contributed by atoms with van der Waals surface area (Å²) in [6.07, 6.45) is 0. The van der Waals surface area contributed by atoms with E-state index in [1.165, 1.54) is 31.0 Å². The Morgan fingerprint density at radius 3 is 2.50 bits per heavy atom. The van der Waals surface area contributed by atoms with Gasteiger partial charge in [0.25, 0.3) is 0 Å². The van der Waals surface area contributed by atoms with Gasteiger partial charge in [0.05, 0.1) is 18.4 Å². The lowest BCUT2D eigenvalue weighted by Crippen LogP contribution is -2.15. The highest BCUT2D eigenvalue weighted by atomic mass is 32.2. The number of esters is 1. The first-order valence-corrected chi connectivity index (χ1v) is 8.46. The molecule has 0 bridgehead atoms. The van der Waals surface area contributed by atoms with Crippen LogP contribution in [0.3, 0.4) is 0 Å². The summed E-state index contributed by atoms with van der Waals surface area (Å²) < 4.78 is 17.5. The van der Waals surface area contributed by atoms with Crippen molar-refractivity contribution >= 4 is 29.3 Å². The van der Waals surface area contributed by atoms with E-state index in [-0.39, 0.29) is 17.5 Å². The van der Waals surface area contributed by atoms with E-state index in [1.54, 1.807) is 30.3 Å². The predicted octanol–water partition coefficient (Wildman–Crippen LogP) is 3.79. The molecule has 0 aliphatic carbocycles. The molecule has 1 N–H and O–H groups in total. The molecule has 2 aromatic carbocycles. The summed E-state index contributed by atoms with van der Waals surface area (Å²) in [5.41, 5.74) is 2.86. The fraction of sp³-hybridized carbons (Fsp3) is 0.222. The van der Waals surface area contributed by atoms with Crippen molar-refractivity contribution in [1.29, 1.82) is 0 Å². The molecule has 0 saturated carbocycles. The molecular weight excluding hydrogens is 329 g/mol. The van der Waals surface area contributed by atoms with E-state index in [9.17, 15) is 14.0 Å². The van der Waals surface area contributed by atoms with E-state index in [4.69, 9.17) is 0 Å². The number of rotatable bonds is 6. The van der Waals surface area contributed by atoms with Crippen molar-refractivity contribution in [2.75, 3.05) is 18.2 Å². The van der Waals surface area contributed by atoms with Crippen LogP contribution in [0, 0.1) is 12.7 Å². The number of amides is 1. The van der Waals surface area contributed by atoms with Gasteiger partial charge in [0, 0.05) is 11.4 Å². The third kappa shape index (κ3) is 5.09. The van der Waals surface area contributed by atoms with Gasteiger partial charge in [0.1, 0.15) is 5.82 Å². The lowest BCUT2D eigenvalue weighted by molar-refractivity contribution is -0.113. The third-order valence-electron chi connectivity index (χ3n) is 3.34. The molecule has 0 atom stereocenters. The molecule has 0 unspecified atom stereocenters. The maximum atomic E-state index is 12.8. The molecule has 0 aliphatic heterocycles. The van der Waals surface area contributed by atoms with Gasteiger partial charge in [-0.05, 0) is 48.4 Å². The molecule has 2 rings (SSSR count). The average Bonchev–Trinajstić information content (AvgIpc) is 2.57. The quantitative estimate of drug-likeness (QED) is 0.808. The van der Waals surface area contributed by atoms with Crippen molar-refractivity contribution in [2.45, 2.75) is 12.7 Å². The number of hydrogen-bond donors (Lipinski definition) is 1. The first-order chi connectivity index (χ1) is 11.5. The number of carbonyl (C=O) groups is 2. The number of halogens is 1. The fourth-order valence-corrected chi connectivity index (χ4v) is 2.87. The Kier molecular flexibility index (Phi) is 6.37. The Morgan fingerprint density at radius 1 is 1.17 bits per heavy atom. The Bertz CT molecular complexity index is 732. The molecule has 0 spiro atoms. The summed E-state index contributed by atoms with van der Waals surface area (Å²) in [6.45, 7) is 1.81. The molecule has 24 heavy (non-hydrogen) atoms. The predicted molar refractivity (Wildman–Crippen MR) is 93.7 cm³/mol. The lowest BCUT2D eigenvalue weighted by atomic mass is 10.1. The molecule has 4 nitrogen and oxygen atoms in total. The average molecular weight is 347 g/mol. The maximum absolute atomic E-state index is 12.8. The molecule has 126 valence electrons. The van der Waals surface area contributed by atoms with Gasteiger partial charge in [0.2, 0.25) is 5.91 Å². The number of aryl methyl sites for hydroxylation is 1. The van der Waals surface area contributed by atoms with Crippen molar-refractivity contribution in [3.05, 3.63) is 65.0 Å². The van der Waals surface area contributed by atoms with Gasteiger partial charge in [-0.25, -0.2) is 9.18 Å². The van der Waals surface area contributed by atoms with Crippen LogP contribution in [0.25, 0.3) is 0 Å². The van der Waals surface area contributed by atoms with Crippen LogP contribution in [0.2, 0.25) is 0 Å². The monoisotopic (exact) mass is 347 g/mol. The van der Waals surface area contributed by atoms with Crippen LogP contribution in [0.4, 0.5) is 10.1 Å². The molecule has 0 saturated heterocycles. The Balaban J connectivity index is 1.85. The first-order valence-electron chi connectivity index (χ1n) is 7.30. The molecule has 0 aliphatic rings. The topological polar surface area (TPSA) is 55.4 Å². The van der Waals surface area contributed by atoms with Crippen LogP contribution >= 0.6 is 11.8 Å². The van der Waals surface area contributed by atoms with Gasteiger partial charge in [-0.2, -0.15) is 0 Å². The second-order valence-corrected chi connectivity index (χ2v) is 6.17. The lowest BCUT2D eigenvalue weighted by Gasteiger charge is -2.09. The SMILES string of the molecule is COC(=O)c1ccc(NC(=O)CSCc2ccc(F)cc2)c(C)c1. The summed E-state index contributed by atoms with van der Waals surface area (Å²) in [5.74, 6) is 0.109. The van der Waals surface area contributed by atoms with Crippen LogP contribution in [0.1, 0.15) is 21.5 Å². The minimum absolute atomic E-state index is 0.129. The van der Waals surface area contributed by atoms with E-state index < -0.39 is 5.97 Å². The van der Waals surface area contributed by atoms with Crippen LogP contribution in [-0.2, 0) is 15.3 Å². The van der Waals surface area contributed by atoms with E-state index in [2.05, 4.69) is 10.1 Å². The minimum Gasteiger partial charge on any atom is -0.465 e. The largest absolute Gasteiger partial charge is 0.465 e. The smallest absolute Gasteiger partial charge is 0.337 e. The number of nitrogens with one attached hydrogen (secondary N) is 1. The fourth-order valence-electron chi connectivity index (χ4n) is 2.08. The zero-order chi connectivity index (χ0) is 17.5. The second kappa shape index (κ2) is 8.49. The van der Waals surface area contributed by atoms with Crippen LogP contribution in [0.5, 0.6) is 0 Å². The summed E-state index contributed by atoms with van der Waals surface area (Å²) in [5, 5.41) is 2.82. The Labute approximate surface area is 144 Å². The highest BCUT2D eigenvalue weighted by molar-refractivity contribution is 7.99. The van der Waals surface area contributed by atoms with Gasteiger partial charge < -0.3 is 10.1 Å². The maximum Gasteiger partial charge on any atom is 0.337 e. The van der Waals surface area contributed by atoms with E-state index >= 15 is 0 Å². The van der Waals surface area contributed by atoms with E-state index in [0.29, 0.717) is 17.0 Å². The van der Waals surface area contributed by atoms with Crippen molar-refractivity contribution in [3.63, 3.8) is 0 Å². The number of hydrogen-bond acceptors (Lipinski definition) is 4. The second-order valence-electron chi connectivity index (χ2n) is 5.19. The first kappa shape index (κ1) is 18.0. The number of methoxy groups -OCH3 is 1. The van der Waals surface area contributed by atoms with Crippen LogP contribution in [-0.4, -0.2) is 24.7 Å². The standard InChI is InChI=1S/C18H18FNO3S/c1-12-9-14(18(22)23-2)5-8-16(12)20-17(21)11-24-10-13-3-6-15(19)7-4-13/h3-9H,10-11H2,1-2H3,(H,20,21). The molecule has 0 fully saturated rings. The number of carbonyl (C=O) groups excluding carboxylic acids is 2. The summed E-state index contributed by atoms with van der Waals surface area (Å²) in [4.78, 5) is 23.5. The van der Waals surface area contributed by atoms with E-state index in [1.807, 2.05) is 6.92 Å². The summed E-state index contributed by atoms with van der Waals surface area (Å²) in [6, 6.07) is 11.2. The van der Waals surface area contributed by atoms with Crippen molar-refractivity contribution in [3.8, 4) is 0 Å². The minimum atomic E-state index is -0.411. The highest BCUT2D eigenvalue weighted by Gasteiger charge is 2.09. The van der Waals surface area contributed by atoms with Gasteiger partial charge in [-0.15, -0.1) is 11.8 Å². The summed E-state index contributed by atoms with van der Waals surface area (Å²) in [7, 11) is 1.33. The van der Waals surface area contributed by atoms with Gasteiger partial charge in [-0.3, -0.25) is 4.79 Å². The number of benzene rings is 2. The van der Waals surface area contributed by atoms with Crippen LogP contribution < -0.4 is 5.32 Å². The van der Waals surface area contributed by atoms with Crippen molar-refractivity contribution in [2.24, 2.45) is 0 Å². The zero-order valence-corrected chi connectivity index (χ0v) is 14.3. The Hall–Kier alpha value is -2.34. The van der Waals surface area contributed by atoms with Gasteiger partial charge in [0.15, 0.2) is 0 Å². The molecule has 2 aromatic rings. The summed E-state index contributed by atoms with van der Waals surface area (Å²) >= 11 is 1.45. The van der Waals surface area contributed by atoms with Crippen molar-refractivity contribution < 1.29 is 18.7 Å². The normalized spacial score (nSPS) is 10.3. The van der Waals surface area contributed by atoms with Crippen LogP contribution in [0.15, 0.2) is 42.5 Å². The highest BCUT2D eigenvalue weighted by Crippen LogP contribution is 2.18. The third-order valence-corrected chi connectivity index (χ3v) is 4.34. The van der Waals surface area contributed by atoms with Gasteiger partial charge in [-0.1, -0.05) is 12.1 Å². The molecule has 0 aromatic heterocycles. The molecule has 1 amide bonds. The van der Waals surface area contributed by atoms with E-state index in [0.717, 1.165) is 11.1 Å². The molecule has 0 radical (unpaired) electrons. The molecular formula is C18H18FNO3S. The number of ether oxygens (including phenoxy) is 1. The molecule has 0 heterocycles. The zero-order valence-electron chi connectivity index (χ0n) is 13.5. The number of anilines is 1. The molecule has 6 heteroatoms. The van der Waals surface area contributed by atoms with Crippen molar-refractivity contribution in [1.82, 2.24) is 0 Å². The number of thioether (sulfide) groups is 1. The Morgan fingerprint density at radius 2 is 1.88 bits per heavy atom. The van der Waals surface area contributed by atoms with Gasteiger partial charge >= 0.3 is 5.97 Å².